The Morgan fingerprint density at radius 1 is 1.36 bits per heavy atom. The summed E-state index contributed by atoms with van der Waals surface area (Å²) in [5.74, 6) is 0.847. The summed E-state index contributed by atoms with van der Waals surface area (Å²) in [6, 6.07) is 6.31. The largest absolute Gasteiger partial charge is 0.489 e. The van der Waals surface area contributed by atoms with Gasteiger partial charge in [-0.05, 0) is 43.0 Å². The number of hydrogen-bond acceptors (Lipinski definition) is 3. The first-order valence-corrected chi connectivity index (χ1v) is 7.88. The van der Waals surface area contributed by atoms with Gasteiger partial charge in [0.15, 0.2) is 0 Å². The molecule has 0 aromatic heterocycles. The highest BCUT2D eigenvalue weighted by Gasteiger charge is 2.17. The maximum atomic E-state index is 9.05. The fourth-order valence-corrected chi connectivity index (χ4v) is 2.72. The molecule has 1 aliphatic heterocycles. The Labute approximate surface area is 133 Å². The summed E-state index contributed by atoms with van der Waals surface area (Å²) < 4.78 is 5.78. The number of benzene rings is 1. The molecule has 1 N–H and O–H groups in total. The van der Waals surface area contributed by atoms with E-state index in [1.165, 1.54) is 12.8 Å². The lowest BCUT2D eigenvalue weighted by atomic mass is 10.0. The third kappa shape index (κ3) is 4.01. The molecule has 0 amide bonds. The molecular weight excluding hydrogens is 274 g/mol. The lowest BCUT2D eigenvalue weighted by molar-refractivity contribution is 0.201. The molecule has 1 aromatic rings. The van der Waals surface area contributed by atoms with Crippen LogP contribution in [0.1, 0.15) is 25.3 Å². The monoisotopic (exact) mass is 299 g/mol. The molecule has 0 bridgehead atoms. The predicted molar refractivity (Wildman–Crippen MR) is 93.5 cm³/mol. The van der Waals surface area contributed by atoms with Crippen molar-refractivity contribution in [3.8, 4) is 5.75 Å². The van der Waals surface area contributed by atoms with Crippen LogP contribution in [0.5, 0.6) is 5.75 Å². The zero-order valence-electron chi connectivity index (χ0n) is 13.3. The number of aliphatic hydroxyl groups excluding tert-OH is 1. The summed E-state index contributed by atoms with van der Waals surface area (Å²) in [4.78, 5) is 2.35. The van der Waals surface area contributed by atoms with Gasteiger partial charge in [-0.15, -0.1) is 0 Å². The minimum absolute atomic E-state index is 0.0243. The van der Waals surface area contributed by atoms with Gasteiger partial charge in [0.2, 0.25) is 0 Å². The first kappa shape index (κ1) is 16.4. The van der Waals surface area contributed by atoms with Crippen molar-refractivity contribution in [3.05, 3.63) is 54.6 Å². The van der Waals surface area contributed by atoms with E-state index in [1.807, 2.05) is 19.1 Å². The van der Waals surface area contributed by atoms with Gasteiger partial charge >= 0.3 is 0 Å². The molecule has 1 aromatic carbocycles. The Bertz CT molecular complexity index is 555. The number of allylic oxidation sites excluding steroid dienone is 5. The second-order valence-corrected chi connectivity index (χ2v) is 5.29. The maximum Gasteiger partial charge on any atom is 0.143 e. The van der Waals surface area contributed by atoms with Crippen LogP contribution in [-0.4, -0.2) is 31.4 Å². The second-order valence-electron chi connectivity index (χ2n) is 5.29. The van der Waals surface area contributed by atoms with E-state index in [0.29, 0.717) is 6.61 Å². The van der Waals surface area contributed by atoms with Gasteiger partial charge in [-0.1, -0.05) is 36.9 Å². The molecule has 1 heterocycles. The highest BCUT2D eigenvalue weighted by molar-refractivity contribution is 5.77. The number of rotatable bonds is 7. The van der Waals surface area contributed by atoms with E-state index in [-0.39, 0.29) is 6.61 Å². The Kier molecular flexibility index (Phi) is 6.28. The molecule has 0 atom stereocenters. The SMILES string of the molecule is C=C/C=C\C(=C/C)c1ccc(N2CCCC2)c(OCCO)c1. The number of ether oxygens (including phenoxy) is 1. The number of aliphatic hydroxyl groups is 1. The minimum atomic E-state index is 0.0243. The summed E-state index contributed by atoms with van der Waals surface area (Å²) in [6.45, 7) is 8.22. The van der Waals surface area contributed by atoms with Gasteiger partial charge < -0.3 is 14.7 Å². The van der Waals surface area contributed by atoms with Gasteiger partial charge in [-0.25, -0.2) is 0 Å². The van der Waals surface area contributed by atoms with Gasteiger partial charge in [0.05, 0.1) is 12.3 Å². The fraction of sp³-hybridized carbons (Fsp3) is 0.368. The number of anilines is 1. The number of hydrogen-bond donors (Lipinski definition) is 1. The van der Waals surface area contributed by atoms with Crippen molar-refractivity contribution in [2.45, 2.75) is 19.8 Å². The molecule has 0 radical (unpaired) electrons. The Morgan fingerprint density at radius 3 is 2.77 bits per heavy atom. The topological polar surface area (TPSA) is 32.7 Å². The molecule has 1 saturated heterocycles. The summed E-state index contributed by atoms with van der Waals surface area (Å²) in [6.07, 6.45) is 10.3. The average Bonchev–Trinajstić information content (AvgIpc) is 3.08. The Hall–Kier alpha value is -2.00. The van der Waals surface area contributed by atoms with Crippen molar-refractivity contribution in [3.63, 3.8) is 0 Å². The molecule has 2 rings (SSSR count). The Morgan fingerprint density at radius 2 is 2.14 bits per heavy atom. The average molecular weight is 299 g/mol. The van der Waals surface area contributed by atoms with E-state index in [0.717, 1.165) is 35.7 Å². The molecule has 1 aliphatic rings. The molecule has 3 nitrogen and oxygen atoms in total. The quantitative estimate of drug-likeness (QED) is 0.777. The highest BCUT2D eigenvalue weighted by atomic mass is 16.5. The fourth-order valence-electron chi connectivity index (χ4n) is 2.72. The van der Waals surface area contributed by atoms with Gasteiger partial charge in [-0.3, -0.25) is 0 Å². The van der Waals surface area contributed by atoms with Crippen LogP contribution in [0.2, 0.25) is 0 Å². The van der Waals surface area contributed by atoms with E-state index >= 15 is 0 Å². The van der Waals surface area contributed by atoms with Crippen LogP contribution in [0, 0.1) is 0 Å². The van der Waals surface area contributed by atoms with Gasteiger partial charge in [0, 0.05) is 13.1 Å². The van der Waals surface area contributed by atoms with E-state index in [9.17, 15) is 0 Å². The third-order valence-electron chi connectivity index (χ3n) is 3.81. The smallest absolute Gasteiger partial charge is 0.143 e. The van der Waals surface area contributed by atoms with E-state index < -0.39 is 0 Å². The second kappa shape index (κ2) is 8.44. The summed E-state index contributed by atoms with van der Waals surface area (Å²) in [5.41, 5.74) is 3.36. The van der Waals surface area contributed by atoms with Gasteiger partial charge in [0.25, 0.3) is 0 Å². The molecular formula is C19H25NO2. The molecule has 1 fully saturated rings. The Balaban J connectivity index is 2.33. The van der Waals surface area contributed by atoms with Crippen LogP contribution in [0.15, 0.2) is 49.1 Å². The van der Waals surface area contributed by atoms with Crippen molar-refractivity contribution in [1.29, 1.82) is 0 Å². The normalized spacial score (nSPS) is 15.5. The van der Waals surface area contributed by atoms with Crippen LogP contribution in [0.3, 0.4) is 0 Å². The van der Waals surface area contributed by atoms with Gasteiger partial charge in [0.1, 0.15) is 12.4 Å². The molecule has 0 saturated carbocycles. The van der Waals surface area contributed by atoms with E-state index in [4.69, 9.17) is 9.84 Å². The standard InChI is InChI=1S/C19H25NO2/c1-3-5-8-16(4-2)17-9-10-18(20-11-6-7-12-20)19(15-17)22-14-13-21/h3-5,8-10,15,21H,1,6-7,11-14H2,2H3/b8-5-,16-4+. The molecule has 118 valence electrons. The van der Waals surface area contributed by atoms with Crippen LogP contribution in [0.25, 0.3) is 5.57 Å². The minimum Gasteiger partial charge on any atom is -0.489 e. The molecule has 3 heteroatoms. The number of nitrogens with zero attached hydrogens (tertiary/aromatic N) is 1. The first-order valence-electron chi connectivity index (χ1n) is 7.88. The van der Waals surface area contributed by atoms with Crippen molar-refractivity contribution in [2.75, 3.05) is 31.2 Å². The van der Waals surface area contributed by atoms with Crippen molar-refractivity contribution >= 4 is 11.3 Å². The van der Waals surface area contributed by atoms with Crippen molar-refractivity contribution in [2.24, 2.45) is 0 Å². The summed E-state index contributed by atoms with van der Waals surface area (Å²) >= 11 is 0. The van der Waals surface area contributed by atoms with E-state index in [1.54, 1.807) is 6.08 Å². The zero-order valence-corrected chi connectivity index (χ0v) is 13.3. The predicted octanol–water partition coefficient (Wildman–Crippen LogP) is 3.80. The van der Waals surface area contributed by atoms with Crippen molar-refractivity contribution in [1.82, 2.24) is 0 Å². The molecule has 0 unspecified atom stereocenters. The van der Waals surface area contributed by atoms with Crippen LogP contribution in [0.4, 0.5) is 5.69 Å². The molecule has 22 heavy (non-hydrogen) atoms. The van der Waals surface area contributed by atoms with Crippen LogP contribution >= 0.6 is 0 Å². The van der Waals surface area contributed by atoms with Crippen LogP contribution in [-0.2, 0) is 0 Å². The molecule has 0 spiro atoms. The molecule has 0 aliphatic carbocycles. The van der Waals surface area contributed by atoms with Crippen molar-refractivity contribution < 1.29 is 9.84 Å². The first-order chi connectivity index (χ1) is 10.8. The summed E-state index contributed by atoms with van der Waals surface area (Å²) in [7, 11) is 0. The summed E-state index contributed by atoms with van der Waals surface area (Å²) in [5, 5.41) is 9.05. The lowest BCUT2D eigenvalue weighted by Gasteiger charge is -2.22. The van der Waals surface area contributed by atoms with E-state index in [2.05, 4.69) is 35.8 Å². The highest BCUT2D eigenvalue weighted by Crippen LogP contribution is 2.34. The van der Waals surface area contributed by atoms with Crippen LogP contribution < -0.4 is 9.64 Å². The zero-order chi connectivity index (χ0) is 15.8. The lowest BCUT2D eigenvalue weighted by Crippen LogP contribution is -2.19. The third-order valence-corrected chi connectivity index (χ3v) is 3.81. The maximum absolute atomic E-state index is 9.05. The van der Waals surface area contributed by atoms with Gasteiger partial charge in [-0.2, -0.15) is 0 Å².